The van der Waals surface area contributed by atoms with Crippen molar-refractivity contribution in [2.45, 2.75) is 25.1 Å². The number of methoxy groups -OCH3 is 1. The molecule has 28 heavy (non-hydrogen) atoms. The zero-order chi connectivity index (χ0) is 20.3. The molecule has 1 atom stereocenters. The van der Waals surface area contributed by atoms with Crippen LogP contribution >= 0.6 is 11.6 Å². The molecule has 1 fully saturated rings. The smallest absolute Gasteiger partial charge is 0.418 e. The summed E-state index contributed by atoms with van der Waals surface area (Å²) in [7, 11) is 1.58. The number of anilines is 1. The highest BCUT2D eigenvalue weighted by Gasteiger charge is 2.35. The van der Waals surface area contributed by atoms with Crippen LogP contribution in [0.25, 0.3) is 0 Å². The summed E-state index contributed by atoms with van der Waals surface area (Å²) < 4.78 is 44.6. The molecule has 0 heterocycles. The number of hydrogen-bond donors (Lipinski definition) is 2. The average molecular weight is 413 g/mol. The standard InChI is InChI=1S/C20H20ClF3N2O2/c1-28-14-9-7-13(8-10-14)18(12-5-6-12)25-11-17(27)26-19-15(20(22,23)24)3-2-4-16(19)21/h2-4,7-10,12,18,25H,5-6,11H2,1H3,(H,26,27). The van der Waals surface area contributed by atoms with E-state index < -0.39 is 23.3 Å². The predicted molar refractivity (Wildman–Crippen MR) is 102 cm³/mol. The van der Waals surface area contributed by atoms with Crippen LogP contribution in [-0.4, -0.2) is 19.6 Å². The summed E-state index contributed by atoms with van der Waals surface area (Å²) in [6.07, 6.45) is -2.54. The number of halogens is 4. The second kappa shape index (κ2) is 8.41. The fourth-order valence-electron chi connectivity index (χ4n) is 3.07. The predicted octanol–water partition coefficient (Wildman–Crippen LogP) is 5.05. The fraction of sp³-hybridized carbons (Fsp3) is 0.350. The number of nitrogens with one attached hydrogen (secondary N) is 2. The van der Waals surface area contributed by atoms with Crippen molar-refractivity contribution < 1.29 is 22.7 Å². The molecule has 1 saturated carbocycles. The molecule has 150 valence electrons. The topological polar surface area (TPSA) is 50.4 Å². The second-order valence-electron chi connectivity index (χ2n) is 6.68. The van der Waals surface area contributed by atoms with E-state index in [1.54, 1.807) is 7.11 Å². The lowest BCUT2D eigenvalue weighted by molar-refractivity contribution is -0.137. The largest absolute Gasteiger partial charge is 0.497 e. The van der Waals surface area contributed by atoms with Gasteiger partial charge in [0.15, 0.2) is 0 Å². The van der Waals surface area contributed by atoms with E-state index in [9.17, 15) is 18.0 Å². The van der Waals surface area contributed by atoms with Crippen LogP contribution in [0.2, 0.25) is 5.02 Å². The zero-order valence-corrected chi connectivity index (χ0v) is 15.9. The van der Waals surface area contributed by atoms with Crippen molar-refractivity contribution in [1.82, 2.24) is 5.32 Å². The van der Waals surface area contributed by atoms with Crippen molar-refractivity contribution in [2.75, 3.05) is 19.0 Å². The lowest BCUT2D eigenvalue weighted by Crippen LogP contribution is -2.32. The van der Waals surface area contributed by atoms with Crippen molar-refractivity contribution in [2.24, 2.45) is 5.92 Å². The van der Waals surface area contributed by atoms with Gasteiger partial charge in [0.1, 0.15) is 5.75 Å². The van der Waals surface area contributed by atoms with Gasteiger partial charge >= 0.3 is 6.18 Å². The van der Waals surface area contributed by atoms with Crippen LogP contribution in [0.4, 0.5) is 18.9 Å². The number of benzene rings is 2. The third kappa shape index (κ3) is 4.97. The molecule has 8 heteroatoms. The monoisotopic (exact) mass is 412 g/mol. The van der Waals surface area contributed by atoms with Crippen molar-refractivity contribution in [3.63, 3.8) is 0 Å². The highest BCUT2D eigenvalue weighted by atomic mass is 35.5. The molecule has 4 nitrogen and oxygen atoms in total. The van der Waals surface area contributed by atoms with Crippen molar-refractivity contribution in [3.05, 3.63) is 58.6 Å². The Kier molecular flexibility index (Phi) is 6.15. The summed E-state index contributed by atoms with van der Waals surface area (Å²) in [5.41, 5.74) is -0.386. The molecule has 0 aromatic heterocycles. The van der Waals surface area contributed by atoms with E-state index in [1.807, 2.05) is 24.3 Å². The number of carbonyl (C=O) groups is 1. The molecule has 1 amide bonds. The number of amides is 1. The molecule has 2 N–H and O–H groups in total. The third-order valence-corrected chi connectivity index (χ3v) is 4.95. The number of carbonyl (C=O) groups excluding carboxylic acids is 1. The normalized spacial score (nSPS) is 15.2. The van der Waals surface area contributed by atoms with E-state index in [0.29, 0.717) is 5.92 Å². The molecule has 3 rings (SSSR count). The van der Waals surface area contributed by atoms with E-state index in [4.69, 9.17) is 16.3 Å². The molecule has 0 bridgehead atoms. The summed E-state index contributed by atoms with van der Waals surface area (Å²) in [6, 6.07) is 10.9. The Morgan fingerprint density at radius 2 is 1.89 bits per heavy atom. The van der Waals surface area contributed by atoms with Gasteiger partial charge in [0.25, 0.3) is 0 Å². The third-order valence-electron chi connectivity index (χ3n) is 4.63. The van der Waals surface area contributed by atoms with Crippen LogP contribution in [0.3, 0.4) is 0 Å². The lowest BCUT2D eigenvalue weighted by atomic mass is 10.0. The van der Waals surface area contributed by atoms with Gasteiger partial charge in [-0.1, -0.05) is 29.8 Å². The second-order valence-corrected chi connectivity index (χ2v) is 7.08. The molecule has 1 aliphatic carbocycles. The Morgan fingerprint density at radius 3 is 2.46 bits per heavy atom. The van der Waals surface area contributed by atoms with Crippen LogP contribution < -0.4 is 15.4 Å². The maximum absolute atomic E-state index is 13.2. The number of rotatable bonds is 7. The van der Waals surface area contributed by atoms with Crippen LogP contribution in [0.5, 0.6) is 5.75 Å². The molecule has 0 spiro atoms. The van der Waals surface area contributed by atoms with Crippen molar-refractivity contribution in [1.29, 1.82) is 0 Å². The first-order chi connectivity index (χ1) is 13.3. The summed E-state index contributed by atoms with van der Waals surface area (Å²) >= 11 is 5.88. The average Bonchev–Trinajstić information content (AvgIpc) is 3.48. The van der Waals surface area contributed by atoms with E-state index in [2.05, 4.69) is 10.6 Å². The van der Waals surface area contributed by atoms with Crippen LogP contribution in [0.1, 0.15) is 30.0 Å². The quantitative estimate of drug-likeness (QED) is 0.669. The maximum atomic E-state index is 13.2. The summed E-state index contributed by atoms with van der Waals surface area (Å²) in [6.45, 7) is -0.129. The molecular weight excluding hydrogens is 393 g/mol. The highest BCUT2D eigenvalue weighted by molar-refractivity contribution is 6.34. The van der Waals surface area contributed by atoms with Gasteiger partial charge in [-0.25, -0.2) is 0 Å². The summed E-state index contributed by atoms with van der Waals surface area (Å²) in [5, 5.41) is 5.30. The number of ether oxygens (including phenoxy) is 1. The molecule has 1 aliphatic rings. The van der Waals surface area contributed by atoms with Gasteiger partial charge in [-0.15, -0.1) is 0 Å². The first kappa shape index (κ1) is 20.5. The minimum atomic E-state index is -4.61. The molecule has 1 unspecified atom stereocenters. The van der Waals surface area contributed by atoms with Crippen LogP contribution in [-0.2, 0) is 11.0 Å². The first-order valence-corrected chi connectivity index (χ1v) is 9.20. The fourth-order valence-corrected chi connectivity index (χ4v) is 3.29. The summed E-state index contributed by atoms with van der Waals surface area (Å²) in [4.78, 5) is 12.3. The Labute approximate surface area is 166 Å². The molecular formula is C20H20ClF3N2O2. The van der Waals surface area contributed by atoms with Gasteiger partial charge in [0.2, 0.25) is 5.91 Å². The van der Waals surface area contributed by atoms with Gasteiger partial charge < -0.3 is 15.4 Å². The van der Waals surface area contributed by atoms with Gasteiger partial charge in [-0.3, -0.25) is 4.79 Å². The number of hydrogen-bond acceptors (Lipinski definition) is 3. The first-order valence-electron chi connectivity index (χ1n) is 8.82. The molecule has 0 saturated heterocycles. The van der Waals surface area contributed by atoms with Gasteiger partial charge in [0, 0.05) is 6.04 Å². The molecule has 2 aromatic rings. The molecule has 0 radical (unpaired) electrons. The Morgan fingerprint density at radius 1 is 1.21 bits per heavy atom. The van der Waals surface area contributed by atoms with Gasteiger partial charge in [-0.2, -0.15) is 13.2 Å². The molecule has 2 aromatic carbocycles. The SMILES string of the molecule is COc1ccc(C(NCC(=O)Nc2c(Cl)cccc2C(F)(F)F)C2CC2)cc1. The van der Waals surface area contributed by atoms with Crippen molar-refractivity contribution >= 4 is 23.2 Å². The van der Waals surface area contributed by atoms with Gasteiger partial charge in [0.05, 0.1) is 29.9 Å². The van der Waals surface area contributed by atoms with E-state index in [0.717, 1.165) is 30.2 Å². The number of alkyl halides is 3. The van der Waals surface area contributed by atoms with Crippen LogP contribution in [0, 0.1) is 5.92 Å². The Hall–Kier alpha value is -2.25. The highest BCUT2D eigenvalue weighted by Crippen LogP contribution is 2.41. The minimum absolute atomic E-state index is 0.0509. The Balaban J connectivity index is 1.68. The number of para-hydroxylation sites is 1. The maximum Gasteiger partial charge on any atom is 0.418 e. The lowest BCUT2D eigenvalue weighted by Gasteiger charge is -2.20. The van der Waals surface area contributed by atoms with Gasteiger partial charge in [-0.05, 0) is 48.6 Å². The van der Waals surface area contributed by atoms with Crippen molar-refractivity contribution in [3.8, 4) is 5.75 Å². The zero-order valence-electron chi connectivity index (χ0n) is 15.1. The van der Waals surface area contributed by atoms with E-state index in [1.165, 1.54) is 12.1 Å². The van der Waals surface area contributed by atoms with E-state index >= 15 is 0 Å². The van der Waals surface area contributed by atoms with E-state index in [-0.39, 0.29) is 17.6 Å². The minimum Gasteiger partial charge on any atom is -0.497 e. The Bertz CT molecular complexity index is 836. The van der Waals surface area contributed by atoms with Crippen LogP contribution in [0.15, 0.2) is 42.5 Å². The molecule has 0 aliphatic heterocycles. The summed E-state index contributed by atoms with van der Waals surface area (Å²) in [5.74, 6) is 0.541.